The van der Waals surface area contributed by atoms with Crippen LogP contribution < -0.4 is 9.80 Å². The Morgan fingerprint density at radius 2 is 0.915 bits per heavy atom. The van der Waals surface area contributed by atoms with E-state index in [0.29, 0.717) is 0 Å². The zero-order valence-electron chi connectivity index (χ0n) is 26.5. The normalized spacial score (nSPS) is 11.1. The van der Waals surface area contributed by atoms with Gasteiger partial charge >= 0.3 is 0 Å². The Hall–Kier alpha value is -6.12. The molecule has 0 spiro atoms. The molecule has 7 aromatic rings. The molecule has 0 amide bonds. The van der Waals surface area contributed by atoms with Crippen molar-refractivity contribution in [3.63, 3.8) is 0 Å². The van der Waals surface area contributed by atoms with Crippen molar-refractivity contribution in [1.82, 2.24) is 0 Å². The van der Waals surface area contributed by atoms with Crippen LogP contribution in [-0.4, -0.2) is 0 Å². The van der Waals surface area contributed by atoms with Gasteiger partial charge in [-0.3, -0.25) is 0 Å². The summed E-state index contributed by atoms with van der Waals surface area (Å²) in [7, 11) is 0. The fourth-order valence-electron chi connectivity index (χ4n) is 6.31. The van der Waals surface area contributed by atoms with Crippen LogP contribution in [0.1, 0.15) is 18.1 Å². The first kappa shape index (κ1) is 29.6. The third-order valence-corrected chi connectivity index (χ3v) is 8.53. The summed E-state index contributed by atoms with van der Waals surface area (Å²) < 4.78 is 0. The smallest absolute Gasteiger partial charge is 0.0540 e. The van der Waals surface area contributed by atoms with E-state index in [-0.39, 0.29) is 0 Å². The van der Waals surface area contributed by atoms with E-state index < -0.39 is 0 Å². The Balaban J connectivity index is 1.26. The largest absolute Gasteiger partial charge is 0.310 e. The molecule has 0 saturated heterocycles. The molecule has 0 heterocycles. The van der Waals surface area contributed by atoms with Crippen LogP contribution in [0.4, 0.5) is 34.1 Å². The molecule has 226 valence electrons. The lowest BCUT2D eigenvalue weighted by Crippen LogP contribution is -2.11. The number of fused-ring (bicyclic) bond motifs is 1. The second kappa shape index (κ2) is 13.5. The van der Waals surface area contributed by atoms with Gasteiger partial charge in [-0.15, -0.1) is 0 Å². The van der Waals surface area contributed by atoms with Gasteiger partial charge in [-0.2, -0.15) is 0 Å². The van der Waals surface area contributed by atoms with Crippen molar-refractivity contribution in [2.24, 2.45) is 0 Å². The summed E-state index contributed by atoms with van der Waals surface area (Å²) >= 11 is 0. The highest BCUT2D eigenvalue weighted by atomic mass is 15.1. The number of allylic oxidation sites excluding steroid dienone is 1. The Morgan fingerprint density at radius 1 is 0.447 bits per heavy atom. The van der Waals surface area contributed by atoms with E-state index >= 15 is 0 Å². The molecule has 0 radical (unpaired) electrons. The minimum Gasteiger partial charge on any atom is -0.310 e. The molecule has 0 N–H and O–H groups in total. The second-order valence-corrected chi connectivity index (χ2v) is 11.4. The molecule has 2 nitrogen and oxygen atoms in total. The Labute approximate surface area is 277 Å². The zero-order chi connectivity index (χ0) is 32.0. The first-order chi connectivity index (χ1) is 23.2. The summed E-state index contributed by atoms with van der Waals surface area (Å²) in [6, 6.07) is 60.3. The topological polar surface area (TPSA) is 6.48 Å². The predicted molar refractivity (Wildman–Crippen MR) is 204 cm³/mol. The molecule has 0 aromatic heterocycles. The number of para-hydroxylation sites is 2. The van der Waals surface area contributed by atoms with Crippen molar-refractivity contribution in [1.29, 1.82) is 0 Å². The lowest BCUT2D eigenvalue weighted by atomic mass is 10.0. The van der Waals surface area contributed by atoms with Gasteiger partial charge in [0.2, 0.25) is 0 Å². The van der Waals surface area contributed by atoms with Crippen molar-refractivity contribution in [3.8, 4) is 11.1 Å². The van der Waals surface area contributed by atoms with E-state index in [0.717, 1.165) is 45.3 Å². The van der Waals surface area contributed by atoms with Gasteiger partial charge < -0.3 is 9.80 Å². The van der Waals surface area contributed by atoms with Crippen LogP contribution in [0.2, 0.25) is 0 Å². The quantitative estimate of drug-likeness (QED) is 0.162. The summed E-state index contributed by atoms with van der Waals surface area (Å²) in [5, 5.41) is 2.44. The number of anilines is 6. The molecule has 47 heavy (non-hydrogen) atoms. The monoisotopic (exact) mass is 604 g/mol. The highest BCUT2D eigenvalue weighted by molar-refractivity contribution is 5.99. The molecule has 7 rings (SSSR count). The average molecular weight is 605 g/mol. The highest BCUT2D eigenvalue weighted by Gasteiger charge is 2.18. The molecule has 0 aliphatic carbocycles. The third-order valence-electron chi connectivity index (χ3n) is 8.53. The van der Waals surface area contributed by atoms with Crippen molar-refractivity contribution in [2.75, 3.05) is 9.80 Å². The van der Waals surface area contributed by atoms with E-state index in [4.69, 9.17) is 0 Å². The molecule has 0 atom stereocenters. The molecule has 2 heteroatoms. The van der Waals surface area contributed by atoms with Crippen LogP contribution in [0.5, 0.6) is 0 Å². The van der Waals surface area contributed by atoms with Crippen molar-refractivity contribution < 1.29 is 0 Å². The molecule has 0 unspecified atom stereocenters. The van der Waals surface area contributed by atoms with Gasteiger partial charge in [0.25, 0.3) is 0 Å². The molecule has 7 aromatic carbocycles. The van der Waals surface area contributed by atoms with Crippen LogP contribution in [0.15, 0.2) is 183 Å². The van der Waals surface area contributed by atoms with Gasteiger partial charge in [-0.1, -0.05) is 134 Å². The predicted octanol–water partition coefficient (Wildman–Crippen LogP) is 13.1. The van der Waals surface area contributed by atoms with Gasteiger partial charge in [0, 0.05) is 33.7 Å². The van der Waals surface area contributed by atoms with Crippen molar-refractivity contribution in [3.05, 3.63) is 194 Å². The maximum atomic E-state index is 4.07. The summed E-state index contributed by atoms with van der Waals surface area (Å²) in [5.41, 5.74) is 11.3. The Morgan fingerprint density at radius 3 is 1.49 bits per heavy atom. The minimum atomic E-state index is 1.09. The van der Waals surface area contributed by atoms with Crippen molar-refractivity contribution in [2.45, 2.75) is 6.92 Å². The number of nitrogens with zero attached hydrogens (tertiary/aromatic N) is 2. The van der Waals surface area contributed by atoms with E-state index in [1.807, 2.05) is 6.08 Å². The Bertz CT molecular complexity index is 2140. The van der Waals surface area contributed by atoms with E-state index in [2.05, 4.69) is 205 Å². The summed E-state index contributed by atoms with van der Waals surface area (Å²) in [4.78, 5) is 4.66. The summed E-state index contributed by atoms with van der Waals surface area (Å²) in [6.07, 6.45) is 6.17. The van der Waals surface area contributed by atoms with Gasteiger partial charge in [0.1, 0.15) is 0 Å². The first-order valence-electron chi connectivity index (χ1n) is 16.0. The summed E-state index contributed by atoms with van der Waals surface area (Å²) in [6.45, 7) is 6.13. The zero-order valence-corrected chi connectivity index (χ0v) is 26.5. The highest BCUT2D eigenvalue weighted by Crippen LogP contribution is 2.41. The maximum absolute atomic E-state index is 4.07. The molecule has 0 bridgehead atoms. The summed E-state index contributed by atoms with van der Waals surface area (Å²) in [5.74, 6) is 0. The Kier molecular flexibility index (Phi) is 8.48. The fraction of sp³-hybridized carbons (Fsp3) is 0.0222. The maximum Gasteiger partial charge on any atom is 0.0540 e. The van der Waals surface area contributed by atoms with Gasteiger partial charge in [-0.25, -0.2) is 0 Å². The number of hydrogen-bond donors (Lipinski definition) is 0. The molecule has 0 aliphatic rings. The van der Waals surface area contributed by atoms with E-state index in [1.165, 1.54) is 21.9 Å². The average Bonchev–Trinajstić information content (AvgIpc) is 3.14. The van der Waals surface area contributed by atoms with Crippen LogP contribution in [0.3, 0.4) is 0 Å². The molecule has 0 aliphatic heterocycles. The SMILES string of the molecule is C=Cc1cccc(N(c2ccccc2)c2ccc(-c3ccc(N(c4ccccc4)c4cccc5ccccc45)cc3)cc2)c1/C=C\C. The molecular formula is C45H36N2. The van der Waals surface area contributed by atoms with Crippen LogP contribution in [-0.2, 0) is 0 Å². The molecular weight excluding hydrogens is 569 g/mol. The number of hydrogen-bond acceptors (Lipinski definition) is 2. The van der Waals surface area contributed by atoms with Crippen LogP contribution in [0, 0.1) is 0 Å². The standard InChI is InChI=1S/C45H36N2/c1-3-15-42-34(4-2)17-13-24-44(42)46(38-19-7-5-8-20-38)40-30-26-35(27-31-40)36-28-32-41(33-29-36)47(39-21-9-6-10-22-39)45-25-14-18-37-16-11-12-23-43(37)45/h3-33H,2H2,1H3/b15-3-. The van der Waals surface area contributed by atoms with Gasteiger partial charge in [0.15, 0.2) is 0 Å². The fourth-order valence-corrected chi connectivity index (χ4v) is 6.31. The lowest BCUT2D eigenvalue weighted by molar-refractivity contribution is 1.27. The molecule has 0 fully saturated rings. The molecule has 0 saturated carbocycles. The van der Waals surface area contributed by atoms with Gasteiger partial charge in [-0.05, 0) is 89.7 Å². The van der Waals surface area contributed by atoms with Crippen LogP contribution in [0.25, 0.3) is 34.1 Å². The third kappa shape index (κ3) is 5.97. The number of rotatable bonds is 9. The van der Waals surface area contributed by atoms with Crippen molar-refractivity contribution >= 4 is 57.0 Å². The van der Waals surface area contributed by atoms with Gasteiger partial charge in [0.05, 0.1) is 11.4 Å². The first-order valence-corrected chi connectivity index (χ1v) is 16.0. The van der Waals surface area contributed by atoms with Crippen LogP contribution >= 0.6 is 0 Å². The van der Waals surface area contributed by atoms with E-state index in [1.54, 1.807) is 0 Å². The van der Waals surface area contributed by atoms with E-state index in [9.17, 15) is 0 Å². The second-order valence-electron chi connectivity index (χ2n) is 11.4. The lowest BCUT2D eigenvalue weighted by Gasteiger charge is -2.28. The minimum absolute atomic E-state index is 1.09. The number of benzene rings is 7.